The summed E-state index contributed by atoms with van der Waals surface area (Å²) in [5, 5.41) is 3.26. The summed E-state index contributed by atoms with van der Waals surface area (Å²) in [7, 11) is 3.50. The predicted octanol–water partition coefficient (Wildman–Crippen LogP) is 3.60. The number of aromatic nitrogens is 1. The molecule has 0 bridgehead atoms. The standard InChI is InChI=1S/C22H36N4O2/c1-25(20(17-28-2)19-11-5-8-14-23-19)21(27)24-18-22(12-6-3-7-13-22)26-15-9-4-10-16-26/h5,8,11,14,20H,3-4,6-7,9-10,12-13,15-18H2,1-2H3,(H,24,27)/t20-/m1/s1. The second-order valence-electron chi connectivity index (χ2n) is 8.33. The molecule has 1 aliphatic carbocycles. The van der Waals surface area contributed by atoms with Crippen LogP contribution in [0.1, 0.15) is 63.1 Å². The maximum atomic E-state index is 13.0. The van der Waals surface area contributed by atoms with Crippen molar-refractivity contribution in [3.05, 3.63) is 30.1 Å². The van der Waals surface area contributed by atoms with E-state index in [-0.39, 0.29) is 17.6 Å². The number of rotatable bonds is 7. The van der Waals surface area contributed by atoms with Crippen LogP contribution in [0, 0.1) is 0 Å². The third-order valence-electron chi connectivity index (χ3n) is 6.52. The first-order chi connectivity index (χ1) is 13.7. The number of piperidine rings is 1. The first kappa shape index (κ1) is 21.1. The van der Waals surface area contributed by atoms with Crippen LogP contribution in [-0.2, 0) is 4.74 Å². The number of nitrogens with one attached hydrogen (secondary N) is 1. The largest absolute Gasteiger partial charge is 0.382 e. The van der Waals surface area contributed by atoms with Crippen LogP contribution in [0.5, 0.6) is 0 Å². The number of carbonyl (C=O) groups is 1. The minimum atomic E-state index is -0.191. The van der Waals surface area contributed by atoms with Crippen LogP contribution in [0.25, 0.3) is 0 Å². The normalized spacial score (nSPS) is 21.1. The number of likely N-dealkylation sites (tertiary alicyclic amines) is 1. The molecule has 6 heteroatoms. The Bertz CT molecular complexity index is 598. The quantitative estimate of drug-likeness (QED) is 0.775. The van der Waals surface area contributed by atoms with E-state index in [9.17, 15) is 4.79 Å². The topological polar surface area (TPSA) is 57.7 Å². The van der Waals surface area contributed by atoms with Crippen molar-refractivity contribution < 1.29 is 9.53 Å². The van der Waals surface area contributed by atoms with E-state index < -0.39 is 0 Å². The zero-order chi connectivity index (χ0) is 19.8. The lowest BCUT2D eigenvalue weighted by Gasteiger charge is -2.48. The van der Waals surface area contributed by atoms with Gasteiger partial charge in [-0.2, -0.15) is 0 Å². The Hall–Kier alpha value is -1.66. The van der Waals surface area contributed by atoms with E-state index in [4.69, 9.17) is 4.74 Å². The molecule has 1 saturated heterocycles. The molecule has 2 fully saturated rings. The summed E-state index contributed by atoms with van der Waals surface area (Å²) in [6, 6.07) is 5.55. The average molecular weight is 389 g/mol. The van der Waals surface area contributed by atoms with Crippen molar-refractivity contribution in [1.82, 2.24) is 20.1 Å². The van der Waals surface area contributed by atoms with Gasteiger partial charge in [0.25, 0.3) is 0 Å². The summed E-state index contributed by atoms with van der Waals surface area (Å²) in [6.07, 6.45) is 11.9. The smallest absolute Gasteiger partial charge is 0.317 e. The Kier molecular flexibility index (Phi) is 7.68. The third kappa shape index (κ3) is 5.03. The van der Waals surface area contributed by atoms with Crippen molar-refractivity contribution in [1.29, 1.82) is 0 Å². The molecule has 0 spiro atoms. The average Bonchev–Trinajstić information content (AvgIpc) is 2.77. The zero-order valence-corrected chi connectivity index (χ0v) is 17.5. The molecule has 1 atom stereocenters. The van der Waals surface area contributed by atoms with Crippen LogP contribution in [0.3, 0.4) is 0 Å². The van der Waals surface area contributed by atoms with Gasteiger partial charge in [-0.15, -0.1) is 0 Å². The zero-order valence-electron chi connectivity index (χ0n) is 17.5. The molecule has 28 heavy (non-hydrogen) atoms. The van der Waals surface area contributed by atoms with Gasteiger partial charge >= 0.3 is 6.03 Å². The fourth-order valence-electron chi connectivity index (χ4n) is 4.82. The summed E-state index contributed by atoms with van der Waals surface area (Å²) in [5.74, 6) is 0. The van der Waals surface area contributed by atoms with Gasteiger partial charge in [0.15, 0.2) is 0 Å². The van der Waals surface area contributed by atoms with Gasteiger partial charge in [-0.05, 0) is 50.9 Å². The minimum Gasteiger partial charge on any atom is -0.382 e. The molecule has 1 aromatic heterocycles. The lowest BCUT2D eigenvalue weighted by Crippen LogP contribution is -2.59. The Balaban J connectivity index is 1.65. The number of ether oxygens (including phenoxy) is 1. The SMILES string of the molecule is COC[C@H](c1ccccn1)N(C)C(=O)NCC1(N2CCCCC2)CCCCC1. The van der Waals surface area contributed by atoms with Gasteiger partial charge in [-0.1, -0.05) is 31.7 Å². The van der Waals surface area contributed by atoms with E-state index in [1.54, 1.807) is 18.2 Å². The van der Waals surface area contributed by atoms with E-state index >= 15 is 0 Å². The van der Waals surface area contributed by atoms with Gasteiger partial charge in [-0.25, -0.2) is 4.79 Å². The molecule has 1 saturated carbocycles. The van der Waals surface area contributed by atoms with E-state index in [1.165, 1.54) is 64.5 Å². The number of urea groups is 1. The van der Waals surface area contributed by atoms with E-state index in [0.717, 1.165) is 12.2 Å². The lowest BCUT2D eigenvalue weighted by molar-refractivity contribution is 0.0335. The van der Waals surface area contributed by atoms with Crippen molar-refractivity contribution in [3.8, 4) is 0 Å². The van der Waals surface area contributed by atoms with E-state index in [0.29, 0.717) is 6.61 Å². The van der Waals surface area contributed by atoms with Gasteiger partial charge < -0.3 is 15.0 Å². The molecular formula is C22H36N4O2. The van der Waals surface area contributed by atoms with E-state index in [1.807, 2.05) is 25.2 Å². The fourth-order valence-corrected chi connectivity index (χ4v) is 4.82. The maximum absolute atomic E-state index is 13.0. The van der Waals surface area contributed by atoms with Gasteiger partial charge in [0.05, 0.1) is 18.3 Å². The molecule has 1 aliphatic heterocycles. The van der Waals surface area contributed by atoms with Crippen LogP contribution in [0.2, 0.25) is 0 Å². The number of methoxy groups -OCH3 is 1. The van der Waals surface area contributed by atoms with Gasteiger partial charge in [-0.3, -0.25) is 9.88 Å². The molecular weight excluding hydrogens is 352 g/mol. The molecule has 2 heterocycles. The molecule has 0 unspecified atom stereocenters. The van der Waals surface area contributed by atoms with Gasteiger partial charge in [0.1, 0.15) is 0 Å². The number of likely N-dealkylation sites (N-methyl/N-ethyl adjacent to an activating group) is 1. The third-order valence-corrected chi connectivity index (χ3v) is 6.52. The van der Waals surface area contributed by atoms with Crippen molar-refractivity contribution in [2.75, 3.05) is 40.4 Å². The van der Waals surface area contributed by atoms with Crippen molar-refractivity contribution in [2.24, 2.45) is 0 Å². The highest BCUT2D eigenvalue weighted by Gasteiger charge is 2.39. The molecule has 0 radical (unpaired) electrons. The number of carbonyl (C=O) groups excluding carboxylic acids is 1. The molecule has 156 valence electrons. The second-order valence-corrected chi connectivity index (χ2v) is 8.33. The number of amides is 2. The summed E-state index contributed by atoms with van der Waals surface area (Å²) < 4.78 is 5.37. The number of hydrogen-bond acceptors (Lipinski definition) is 4. The first-order valence-electron chi connectivity index (χ1n) is 10.8. The van der Waals surface area contributed by atoms with Crippen LogP contribution in [0.4, 0.5) is 4.79 Å². The van der Waals surface area contributed by atoms with Gasteiger partial charge in [0, 0.05) is 32.4 Å². The van der Waals surface area contributed by atoms with Crippen LogP contribution < -0.4 is 5.32 Å². The summed E-state index contributed by atoms with van der Waals surface area (Å²) in [4.78, 5) is 21.8. The monoisotopic (exact) mass is 388 g/mol. The van der Waals surface area contributed by atoms with Crippen molar-refractivity contribution >= 4 is 6.03 Å². The fraction of sp³-hybridized carbons (Fsp3) is 0.727. The molecule has 1 N–H and O–H groups in total. The highest BCUT2D eigenvalue weighted by Crippen LogP contribution is 2.35. The van der Waals surface area contributed by atoms with E-state index in [2.05, 4.69) is 15.2 Å². The Labute approximate surface area is 169 Å². The molecule has 3 rings (SSSR count). The highest BCUT2D eigenvalue weighted by molar-refractivity contribution is 5.74. The number of nitrogens with zero attached hydrogens (tertiary/aromatic N) is 3. The number of pyridine rings is 1. The predicted molar refractivity (Wildman–Crippen MR) is 111 cm³/mol. The molecule has 2 amide bonds. The Morgan fingerprint density at radius 1 is 1.21 bits per heavy atom. The Morgan fingerprint density at radius 2 is 1.93 bits per heavy atom. The molecule has 0 aromatic carbocycles. The Morgan fingerprint density at radius 3 is 2.57 bits per heavy atom. The summed E-state index contributed by atoms with van der Waals surface area (Å²) >= 11 is 0. The molecule has 2 aliphatic rings. The van der Waals surface area contributed by atoms with Crippen molar-refractivity contribution in [3.63, 3.8) is 0 Å². The first-order valence-corrected chi connectivity index (χ1v) is 10.8. The maximum Gasteiger partial charge on any atom is 0.317 e. The number of hydrogen-bond donors (Lipinski definition) is 1. The molecule has 6 nitrogen and oxygen atoms in total. The van der Waals surface area contributed by atoms with Crippen LogP contribution in [0.15, 0.2) is 24.4 Å². The van der Waals surface area contributed by atoms with Crippen LogP contribution >= 0.6 is 0 Å². The van der Waals surface area contributed by atoms with Crippen molar-refractivity contribution in [2.45, 2.75) is 62.9 Å². The summed E-state index contributed by atoms with van der Waals surface area (Å²) in [5.41, 5.74) is 0.988. The highest BCUT2D eigenvalue weighted by atomic mass is 16.5. The minimum absolute atomic E-state index is 0.0466. The second kappa shape index (κ2) is 10.2. The summed E-state index contributed by atoms with van der Waals surface area (Å²) in [6.45, 7) is 3.51. The van der Waals surface area contributed by atoms with Crippen LogP contribution in [-0.4, -0.2) is 66.8 Å². The lowest BCUT2D eigenvalue weighted by atomic mass is 9.79. The van der Waals surface area contributed by atoms with Gasteiger partial charge in [0.2, 0.25) is 0 Å². The molecule has 1 aromatic rings.